The van der Waals surface area contributed by atoms with Gasteiger partial charge in [-0.25, -0.2) is 4.79 Å². The van der Waals surface area contributed by atoms with Crippen LogP contribution in [0.2, 0.25) is 0 Å². The van der Waals surface area contributed by atoms with Crippen LogP contribution in [-0.2, 0) is 25.6 Å². The molecular weight excluding hydrogens is 334 g/mol. The van der Waals surface area contributed by atoms with E-state index in [-0.39, 0.29) is 12.6 Å². The van der Waals surface area contributed by atoms with E-state index in [9.17, 15) is 9.59 Å². The summed E-state index contributed by atoms with van der Waals surface area (Å²) < 4.78 is 15.9. The molecule has 6 nitrogen and oxygen atoms in total. The normalized spacial score (nSPS) is 14.6. The minimum absolute atomic E-state index is 0.0179. The largest absolute Gasteiger partial charge is 0.464 e. The summed E-state index contributed by atoms with van der Waals surface area (Å²) in [4.78, 5) is 23.2. The van der Waals surface area contributed by atoms with Crippen LogP contribution in [-0.4, -0.2) is 37.9 Å². The molecule has 1 aromatic rings. The Balaban J connectivity index is 1.41. The van der Waals surface area contributed by atoms with E-state index in [1.165, 1.54) is 6.42 Å². The van der Waals surface area contributed by atoms with E-state index in [2.05, 4.69) is 5.32 Å². The third kappa shape index (κ3) is 8.85. The highest BCUT2D eigenvalue weighted by Gasteiger charge is 2.18. The van der Waals surface area contributed by atoms with Crippen molar-refractivity contribution in [2.24, 2.45) is 0 Å². The van der Waals surface area contributed by atoms with E-state index >= 15 is 0 Å². The van der Waals surface area contributed by atoms with E-state index in [0.717, 1.165) is 44.1 Å². The van der Waals surface area contributed by atoms with Gasteiger partial charge in [-0.05, 0) is 44.1 Å². The molecule has 0 spiro atoms. The van der Waals surface area contributed by atoms with Crippen LogP contribution in [0.1, 0.15) is 50.5 Å². The number of carbonyl (C=O) groups is 2. The monoisotopic (exact) mass is 363 g/mol. The molecule has 0 aromatic heterocycles. The quantitative estimate of drug-likeness (QED) is 0.508. The second-order valence-corrected chi connectivity index (χ2v) is 6.48. The Morgan fingerprint density at radius 2 is 1.73 bits per heavy atom. The first-order chi connectivity index (χ1) is 12.7. The molecule has 2 rings (SSSR count). The number of ether oxygens (including phenoxy) is 3. The molecule has 0 unspecified atom stereocenters. The number of rotatable bonds is 10. The molecule has 0 saturated heterocycles. The molecular formula is C20H29NO5. The van der Waals surface area contributed by atoms with E-state index in [1.54, 1.807) is 0 Å². The summed E-state index contributed by atoms with van der Waals surface area (Å²) in [5.41, 5.74) is 1.14. The first-order valence-electron chi connectivity index (χ1n) is 9.46. The van der Waals surface area contributed by atoms with Gasteiger partial charge < -0.3 is 19.5 Å². The van der Waals surface area contributed by atoms with Gasteiger partial charge in [0.05, 0.1) is 13.2 Å². The zero-order valence-corrected chi connectivity index (χ0v) is 15.3. The minimum Gasteiger partial charge on any atom is -0.464 e. The first kappa shape index (κ1) is 20.2. The molecule has 1 amide bonds. The lowest BCUT2D eigenvalue weighted by molar-refractivity contribution is -0.142. The Morgan fingerprint density at radius 3 is 2.50 bits per heavy atom. The summed E-state index contributed by atoms with van der Waals surface area (Å²) in [6.45, 7) is 1.38. The minimum atomic E-state index is -0.539. The van der Waals surface area contributed by atoms with E-state index in [0.29, 0.717) is 19.8 Å². The second-order valence-electron chi connectivity index (χ2n) is 6.48. The zero-order valence-electron chi connectivity index (χ0n) is 15.3. The molecule has 6 heteroatoms. The fourth-order valence-electron chi connectivity index (χ4n) is 2.83. The van der Waals surface area contributed by atoms with Gasteiger partial charge in [0.15, 0.2) is 0 Å². The lowest BCUT2D eigenvalue weighted by Crippen LogP contribution is -2.34. The summed E-state index contributed by atoms with van der Waals surface area (Å²) in [6.07, 6.45) is 6.19. The predicted molar refractivity (Wildman–Crippen MR) is 97.6 cm³/mol. The van der Waals surface area contributed by atoms with Crippen LogP contribution >= 0.6 is 0 Å². The van der Waals surface area contributed by atoms with Crippen LogP contribution in [0.15, 0.2) is 30.3 Å². The standard InChI is InChI=1S/C20H29NO5/c22-19(15-21-20(23)26-18-11-5-2-6-12-18)25-14-8-7-13-24-16-17-9-3-1-4-10-17/h1,3-4,9-10,18H,2,5-8,11-16H2,(H,21,23). The molecule has 1 N–H and O–H groups in total. The van der Waals surface area contributed by atoms with E-state index < -0.39 is 12.1 Å². The number of hydrogen-bond donors (Lipinski definition) is 1. The maximum absolute atomic E-state index is 11.6. The number of alkyl carbamates (subject to hydrolysis) is 1. The summed E-state index contributed by atoms with van der Waals surface area (Å²) in [6, 6.07) is 9.98. The van der Waals surface area contributed by atoms with Crippen molar-refractivity contribution in [2.45, 2.75) is 57.7 Å². The lowest BCUT2D eigenvalue weighted by Gasteiger charge is -2.21. The number of hydrogen-bond acceptors (Lipinski definition) is 5. The van der Waals surface area contributed by atoms with Crippen LogP contribution in [0, 0.1) is 0 Å². The lowest BCUT2D eigenvalue weighted by atomic mass is 9.98. The van der Waals surface area contributed by atoms with Crippen molar-refractivity contribution in [2.75, 3.05) is 19.8 Å². The number of unbranched alkanes of at least 4 members (excludes halogenated alkanes) is 1. The molecule has 0 aliphatic heterocycles. The Labute approximate surface area is 155 Å². The Bertz CT molecular complexity index is 528. The van der Waals surface area contributed by atoms with Gasteiger partial charge in [0.25, 0.3) is 0 Å². The van der Waals surface area contributed by atoms with Crippen LogP contribution in [0.25, 0.3) is 0 Å². The van der Waals surface area contributed by atoms with Crippen LogP contribution in [0.3, 0.4) is 0 Å². The van der Waals surface area contributed by atoms with Crippen LogP contribution in [0.4, 0.5) is 4.79 Å². The molecule has 1 aromatic carbocycles. The molecule has 1 fully saturated rings. The second kappa shape index (κ2) is 12.3. The van der Waals surface area contributed by atoms with Gasteiger partial charge in [0.2, 0.25) is 0 Å². The number of amides is 1. The number of carbonyl (C=O) groups excluding carboxylic acids is 2. The van der Waals surface area contributed by atoms with Gasteiger partial charge in [-0.3, -0.25) is 4.79 Å². The van der Waals surface area contributed by atoms with E-state index in [4.69, 9.17) is 14.2 Å². The molecule has 144 valence electrons. The molecule has 1 aliphatic rings. The van der Waals surface area contributed by atoms with Gasteiger partial charge in [0, 0.05) is 6.61 Å². The van der Waals surface area contributed by atoms with Gasteiger partial charge in [-0.2, -0.15) is 0 Å². The summed E-state index contributed by atoms with van der Waals surface area (Å²) in [7, 11) is 0. The molecule has 1 saturated carbocycles. The van der Waals surface area contributed by atoms with Crippen molar-refractivity contribution >= 4 is 12.1 Å². The number of nitrogens with one attached hydrogen (secondary N) is 1. The summed E-state index contributed by atoms with van der Waals surface area (Å²) in [5, 5.41) is 2.45. The van der Waals surface area contributed by atoms with Gasteiger partial charge in [-0.15, -0.1) is 0 Å². The van der Waals surface area contributed by atoms with Crippen LogP contribution < -0.4 is 5.32 Å². The SMILES string of the molecule is O=C(CNC(=O)OC1CCCCC1)OCCCCOCc1ccccc1. The van der Waals surface area contributed by atoms with Crippen molar-refractivity contribution in [3.8, 4) is 0 Å². The van der Waals surface area contributed by atoms with Gasteiger partial charge in [-0.1, -0.05) is 36.8 Å². The molecule has 1 aliphatic carbocycles. The average molecular weight is 363 g/mol. The maximum atomic E-state index is 11.6. The Kier molecular flexibility index (Phi) is 9.57. The predicted octanol–water partition coefficient (Wildman–Crippen LogP) is 3.59. The number of esters is 1. The summed E-state index contributed by atoms with van der Waals surface area (Å²) in [5.74, 6) is -0.448. The van der Waals surface area contributed by atoms with Crippen molar-refractivity contribution in [3.05, 3.63) is 35.9 Å². The Hall–Kier alpha value is -2.08. The van der Waals surface area contributed by atoms with Gasteiger partial charge >= 0.3 is 12.1 Å². The highest BCUT2D eigenvalue weighted by molar-refractivity contribution is 5.77. The van der Waals surface area contributed by atoms with Gasteiger partial charge in [0.1, 0.15) is 12.6 Å². The van der Waals surface area contributed by atoms with Crippen molar-refractivity contribution in [1.29, 1.82) is 0 Å². The third-order valence-corrected chi connectivity index (χ3v) is 4.26. The van der Waals surface area contributed by atoms with Crippen molar-refractivity contribution in [3.63, 3.8) is 0 Å². The topological polar surface area (TPSA) is 73.9 Å². The summed E-state index contributed by atoms with van der Waals surface area (Å²) >= 11 is 0. The molecule has 0 bridgehead atoms. The molecule has 26 heavy (non-hydrogen) atoms. The molecule has 0 radical (unpaired) electrons. The fourth-order valence-corrected chi connectivity index (χ4v) is 2.83. The number of benzene rings is 1. The van der Waals surface area contributed by atoms with E-state index in [1.807, 2.05) is 30.3 Å². The third-order valence-electron chi connectivity index (χ3n) is 4.26. The highest BCUT2D eigenvalue weighted by atomic mass is 16.6. The van der Waals surface area contributed by atoms with Crippen molar-refractivity contribution < 1.29 is 23.8 Å². The molecule has 0 heterocycles. The zero-order chi connectivity index (χ0) is 18.5. The smallest absolute Gasteiger partial charge is 0.407 e. The average Bonchev–Trinajstić information content (AvgIpc) is 2.67. The molecule has 0 atom stereocenters. The first-order valence-corrected chi connectivity index (χ1v) is 9.46. The highest BCUT2D eigenvalue weighted by Crippen LogP contribution is 2.20. The van der Waals surface area contributed by atoms with Crippen LogP contribution in [0.5, 0.6) is 0 Å². The van der Waals surface area contributed by atoms with Crippen molar-refractivity contribution in [1.82, 2.24) is 5.32 Å². The Morgan fingerprint density at radius 1 is 1.00 bits per heavy atom. The fraction of sp³-hybridized carbons (Fsp3) is 0.600. The maximum Gasteiger partial charge on any atom is 0.407 e.